The van der Waals surface area contributed by atoms with E-state index in [1.165, 1.54) is 5.57 Å². The van der Waals surface area contributed by atoms with Crippen LogP contribution in [0.5, 0.6) is 0 Å². The number of amides is 1. The summed E-state index contributed by atoms with van der Waals surface area (Å²) in [5, 5.41) is 22.4. The number of aliphatic carboxylic acids is 1. The Hall–Kier alpha value is -3.64. The fraction of sp³-hybridized carbons (Fsp3) is 0.261. The van der Waals surface area contributed by atoms with E-state index in [9.17, 15) is 18.0 Å². The van der Waals surface area contributed by atoms with Gasteiger partial charge < -0.3 is 15.7 Å². The Bertz CT molecular complexity index is 1050. The molecule has 1 aliphatic heterocycles. The number of rotatable bonds is 3. The normalized spacial score (nSPS) is 13.3. The molecule has 0 atom stereocenters. The summed E-state index contributed by atoms with van der Waals surface area (Å²) in [6, 6.07) is 14.7. The highest BCUT2D eigenvalue weighted by molar-refractivity contribution is 6.05. The number of nitrogens with zero attached hydrogens (tertiary/aromatic N) is 1. The van der Waals surface area contributed by atoms with Gasteiger partial charge in [0.2, 0.25) is 0 Å². The molecule has 0 saturated carbocycles. The van der Waals surface area contributed by atoms with Crippen molar-refractivity contribution in [3.63, 3.8) is 0 Å². The van der Waals surface area contributed by atoms with Crippen molar-refractivity contribution < 1.29 is 27.9 Å². The minimum atomic E-state index is -5.08. The SMILES string of the molecule is Cc1c(C=C2CCNCC2)cccc1NC(=O)c1cccc(C#N)c1.O=C(O)C(F)(F)F. The first-order valence-electron chi connectivity index (χ1n) is 9.73. The van der Waals surface area contributed by atoms with Gasteiger partial charge in [-0.1, -0.05) is 29.8 Å². The third kappa shape index (κ3) is 7.25. The second kappa shape index (κ2) is 11.1. The van der Waals surface area contributed by atoms with Crippen LogP contribution in [0.15, 0.2) is 48.0 Å². The Morgan fingerprint density at radius 1 is 1.16 bits per heavy atom. The molecule has 2 aromatic rings. The van der Waals surface area contributed by atoms with Crippen LogP contribution in [-0.4, -0.2) is 36.2 Å². The van der Waals surface area contributed by atoms with E-state index in [0.717, 1.165) is 42.7 Å². The molecule has 1 saturated heterocycles. The van der Waals surface area contributed by atoms with E-state index in [1.54, 1.807) is 24.3 Å². The molecule has 0 bridgehead atoms. The molecule has 168 valence electrons. The first kappa shape index (κ1) is 24.6. The monoisotopic (exact) mass is 445 g/mol. The van der Waals surface area contributed by atoms with Gasteiger partial charge in [0.15, 0.2) is 0 Å². The van der Waals surface area contributed by atoms with Crippen molar-refractivity contribution in [1.29, 1.82) is 5.26 Å². The number of carbonyl (C=O) groups excluding carboxylic acids is 1. The van der Waals surface area contributed by atoms with Gasteiger partial charge in [-0.15, -0.1) is 0 Å². The minimum Gasteiger partial charge on any atom is -0.475 e. The molecule has 1 heterocycles. The van der Waals surface area contributed by atoms with Gasteiger partial charge in [0, 0.05) is 11.3 Å². The average Bonchev–Trinajstić information content (AvgIpc) is 2.77. The minimum absolute atomic E-state index is 0.202. The fourth-order valence-electron chi connectivity index (χ4n) is 2.98. The Morgan fingerprint density at radius 3 is 2.38 bits per heavy atom. The molecule has 6 nitrogen and oxygen atoms in total. The Kier molecular flexibility index (Phi) is 8.55. The predicted octanol–water partition coefficient (Wildman–Crippen LogP) is 4.52. The molecule has 1 amide bonds. The van der Waals surface area contributed by atoms with Crippen molar-refractivity contribution >= 4 is 23.6 Å². The number of nitriles is 1. The van der Waals surface area contributed by atoms with E-state index in [2.05, 4.69) is 28.8 Å². The second-order valence-electron chi connectivity index (χ2n) is 7.02. The van der Waals surface area contributed by atoms with Crippen molar-refractivity contribution in [1.82, 2.24) is 5.32 Å². The average molecular weight is 445 g/mol. The van der Waals surface area contributed by atoms with Gasteiger partial charge in [-0.25, -0.2) is 4.79 Å². The van der Waals surface area contributed by atoms with E-state index in [4.69, 9.17) is 15.2 Å². The van der Waals surface area contributed by atoms with Gasteiger partial charge in [-0.05, 0) is 68.2 Å². The summed E-state index contributed by atoms with van der Waals surface area (Å²) in [5.41, 5.74) is 5.40. The van der Waals surface area contributed by atoms with Crippen LogP contribution in [0.1, 0.15) is 39.9 Å². The van der Waals surface area contributed by atoms with Crippen LogP contribution in [0, 0.1) is 18.3 Å². The van der Waals surface area contributed by atoms with Crippen molar-refractivity contribution in [3.8, 4) is 6.07 Å². The zero-order valence-electron chi connectivity index (χ0n) is 17.3. The molecule has 0 aromatic heterocycles. The highest BCUT2D eigenvalue weighted by Crippen LogP contribution is 2.24. The molecule has 0 spiro atoms. The molecule has 9 heteroatoms. The molecule has 0 unspecified atom stereocenters. The van der Waals surface area contributed by atoms with Gasteiger partial charge in [-0.3, -0.25) is 4.79 Å². The van der Waals surface area contributed by atoms with Crippen LogP contribution in [0.3, 0.4) is 0 Å². The standard InChI is InChI=1S/C21H21N3O.C2HF3O2/c1-15-18(12-16-8-10-23-11-9-16)5-3-7-20(15)24-21(25)19-6-2-4-17(13-19)14-22;3-2(4,5)1(6)7/h2-7,12-13,23H,8-11H2,1H3,(H,24,25);(H,6,7). The summed E-state index contributed by atoms with van der Waals surface area (Å²) < 4.78 is 31.7. The Morgan fingerprint density at radius 2 is 1.78 bits per heavy atom. The van der Waals surface area contributed by atoms with Crippen LogP contribution in [-0.2, 0) is 4.79 Å². The summed E-state index contributed by atoms with van der Waals surface area (Å²) >= 11 is 0. The topological polar surface area (TPSA) is 102 Å². The molecule has 2 aromatic carbocycles. The first-order valence-corrected chi connectivity index (χ1v) is 9.73. The molecule has 0 radical (unpaired) electrons. The van der Waals surface area contributed by atoms with Crippen LogP contribution < -0.4 is 10.6 Å². The van der Waals surface area contributed by atoms with Crippen LogP contribution >= 0.6 is 0 Å². The number of carboxylic acid groups (broad SMARTS) is 1. The van der Waals surface area contributed by atoms with Gasteiger partial charge in [-0.2, -0.15) is 18.4 Å². The smallest absolute Gasteiger partial charge is 0.475 e. The Balaban J connectivity index is 0.000000451. The number of piperidine rings is 1. The lowest BCUT2D eigenvalue weighted by atomic mass is 9.99. The summed E-state index contributed by atoms with van der Waals surface area (Å²) in [5.74, 6) is -2.96. The van der Waals surface area contributed by atoms with Crippen molar-refractivity contribution in [2.75, 3.05) is 18.4 Å². The second-order valence-corrected chi connectivity index (χ2v) is 7.02. The van der Waals surface area contributed by atoms with Crippen molar-refractivity contribution in [3.05, 3.63) is 70.3 Å². The maximum absolute atomic E-state index is 12.5. The molecular weight excluding hydrogens is 423 g/mol. The lowest BCUT2D eigenvalue weighted by Crippen LogP contribution is -2.23. The number of nitrogens with one attached hydrogen (secondary N) is 2. The lowest BCUT2D eigenvalue weighted by Gasteiger charge is -2.16. The van der Waals surface area contributed by atoms with E-state index < -0.39 is 12.1 Å². The maximum Gasteiger partial charge on any atom is 0.490 e. The van der Waals surface area contributed by atoms with Crippen LogP contribution in [0.2, 0.25) is 0 Å². The highest BCUT2D eigenvalue weighted by Gasteiger charge is 2.38. The number of alkyl halides is 3. The number of halogens is 3. The largest absolute Gasteiger partial charge is 0.490 e. The van der Waals surface area contributed by atoms with Crippen molar-refractivity contribution in [2.45, 2.75) is 25.9 Å². The lowest BCUT2D eigenvalue weighted by molar-refractivity contribution is -0.192. The van der Waals surface area contributed by atoms with E-state index in [-0.39, 0.29) is 5.91 Å². The van der Waals surface area contributed by atoms with Gasteiger partial charge >= 0.3 is 12.1 Å². The summed E-state index contributed by atoms with van der Waals surface area (Å²) in [4.78, 5) is 21.4. The van der Waals surface area contributed by atoms with E-state index >= 15 is 0 Å². The number of hydrogen-bond donors (Lipinski definition) is 3. The zero-order valence-corrected chi connectivity index (χ0v) is 17.3. The zero-order chi connectivity index (χ0) is 23.7. The number of benzene rings is 2. The van der Waals surface area contributed by atoms with E-state index in [0.29, 0.717) is 11.1 Å². The van der Waals surface area contributed by atoms with Gasteiger partial charge in [0.1, 0.15) is 0 Å². The first-order chi connectivity index (χ1) is 15.1. The van der Waals surface area contributed by atoms with E-state index in [1.807, 2.05) is 19.1 Å². The van der Waals surface area contributed by atoms with Crippen molar-refractivity contribution in [2.24, 2.45) is 0 Å². The number of anilines is 1. The third-order valence-electron chi connectivity index (χ3n) is 4.73. The van der Waals surface area contributed by atoms with Crippen LogP contribution in [0.4, 0.5) is 18.9 Å². The molecule has 32 heavy (non-hydrogen) atoms. The molecular formula is C23H22F3N3O3. The predicted molar refractivity (Wildman–Crippen MR) is 114 cm³/mol. The molecule has 3 N–H and O–H groups in total. The van der Waals surface area contributed by atoms with Gasteiger partial charge in [0.05, 0.1) is 11.6 Å². The molecule has 3 rings (SSSR count). The molecule has 0 aliphatic carbocycles. The molecule has 1 fully saturated rings. The van der Waals surface area contributed by atoms with Crippen LogP contribution in [0.25, 0.3) is 6.08 Å². The maximum atomic E-state index is 12.5. The number of hydrogen-bond acceptors (Lipinski definition) is 4. The fourth-order valence-corrected chi connectivity index (χ4v) is 2.98. The number of carboxylic acids is 1. The number of carbonyl (C=O) groups is 2. The summed E-state index contributed by atoms with van der Waals surface area (Å²) in [6.45, 7) is 4.07. The third-order valence-corrected chi connectivity index (χ3v) is 4.73. The quantitative estimate of drug-likeness (QED) is 0.645. The summed E-state index contributed by atoms with van der Waals surface area (Å²) in [7, 11) is 0. The summed E-state index contributed by atoms with van der Waals surface area (Å²) in [6.07, 6.45) is -0.712. The molecule has 1 aliphatic rings. The van der Waals surface area contributed by atoms with Gasteiger partial charge in [0.25, 0.3) is 5.91 Å². The highest BCUT2D eigenvalue weighted by atomic mass is 19.4. The Labute approximate surface area is 183 Å².